The maximum absolute atomic E-state index is 11.7. The Morgan fingerprint density at radius 1 is 1.14 bits per heavy atom. The van der Waals surface area contributed by atoms with Gasteiger partial charge in [0.1, 0.15) is 18.8 Å². The Kier molecular flexibility index (Phi) is 3.64. The predicted molar refractivity (Wildman–Crippen MR) is 99.3 cm³/mol. The average Bonchev–Trinajstić information content (AvgIpc) is 2.94. The number of hydrogen-bond donors (Lipinski definition) is 0. The summed E-state index contributed by atoms with van der Waals surface area (Å²) in [6, 6.07) is 6.78. The fourth-order valence-electron chi connectivity index (χ4n) is 3.69. The molecule has 4 heterocycles. The van der Waals surface area contributed by atoms with Crippen LogP contribution in [-0.4, -0.2) is 30.4 Å². The van der Waals surface area contributed by atoms with E-state index in [4.69, 9.17) is 23.0 Å². The molecule has 0 amide bonds. The van der Waals surface area contributed by atoms with Crippen LogP contribution in [0.3, 0.4) is 0 Å². The van der Waals surface area contributed by atoms with Crippen LogP contribution in [0.25, 0.3) is 21.9 Å². The minimum absolute atomic E-state index is 0.170. The highest BCUT2D eigenvalue weighted by molar-refractivity contribution is 5.99. The first kappa shape index (κ1) is 17.1. The number of esters is 1. The molecule has 0 saturated carbocycles. The van der Waals surface area contributed by atoms with E-state index in [1.165, 1.54) is 6.07 Å². The molecule has 0 aliphatic carbocycles. The van der Waals surface area contributed by atoms with Crippen LogP contribution >= 0.6 is 0 Å². The van der Waals surface area contributed by atoms with Gasteiger partial charge in [0.2, 0.25) is 5.75 Å². The third-order valence-electron chi connectivity index (χ3n) is 5.32. The van der Waals surface area contributed by atoms with E-state index in [-0.39, 0.29) is 24.8 Å². The van der Waals surface area contributed by atoms with E-state index in [9.17, 15) is 9.59 Å². The fourth-order valence-corrected chi connectivity index (χ4v) is 3.69. The van der Waals surface area contributed by atoms with Crippen molar-refractivity contribution in [2.75, 3.05) is 6.61 Å². The van der Waals surface area contributed by atoms with Crippen molar-refractivity contribution < 1.29 is 27.8 Å². The van der Waals surface area contributed by atoms with Crippen LogP contribution in [-0.2, 0) is 14.3 Å². The standard InChI is InChI=1S/C21H18O7/c1-11-7-14(26-20(11)23)9-21(2)15(28-21)10-25-19-17-13(5-6-24-17)8-12-3-4-16(22)27-18(12)19/h3-8,14-15H,9-10H2,1-2H3/t14-,15-,21-/m1/s1. The number of benzene rings is 1. The van der Waals surface area contributed by atoms with Gasteiger partial charge in [-0.2, -0.15) is 0 Å². The average molecular weight is 382 g/mol. The van der Waals surface area contributed by atoms with Crippen LogP contribution < -0.4 is 10.4 Å². The fraction of sp³-hybridized carbons (Fsp3) is 0.333. The zero-order valence-electron chi connectivity index (χ0n) is 15.4. The van der Waals surface area contributed by atoms with Crippen molar-refractivity contribution in [2.45, 2.75) is 38.1 Å². The van der Waals surface area contributed by atoms with Gasteiger partial charge in [0.15, 0.2) is 11.2 Å². The largest absolute Gasteiger partial charge is 0.483 e. The highest BCUT2D eigenvalue weighted by Crippen LogP contribution is 2.43. The first-order chi connectivity index (χ1) is 13.4. The SMILES string of the molecule is CC1=C[C@H](C[C@@]2(C)O[C@@H]2COc2c3occc3cc3ccc(=O)oc23)OC1=O. The lowest BCUT2D eigenvalue weighted by atomic mass is 9.99. The number of rotatable bonds is 5. The minimum Gasteiger partial charge on any atom is -0.483 e. The van der Waals surface area contributed by atoms with Gasteiger partial charge in [-0.3, -0.25) is 0 Å². The van der Waals surface area contributed by atoms with Crippen LogP contribution in [0.1, 0.15) is 20.3 Å². The second kappa shape index (κ2) is 5.97. The summed E-state index contributed by atoms with van der Waals surface area (Å²) in [5.41, 5.74) is 0.585. The van der Waals surface area contributed by atoms with Crippen molar-refractivity contribution in [3.05, 3.63) is 52.6 Å². The lowest BCUT2D eigenvalue weighted by Crippen LogP contribution is -2.22. The van der Waals surface area contributed by atoms with Crippen molar-refractivity contribution in [1.29, 1.82) is 0 Å². The lowest BCUT2D eigenvalue weighted by Gasteiger charge is -2.12. The molecular weight excluding hydrogens is 364 g/mol. The van der Waals surface area contributed by atoms with E-state index in [2.05, 4.69) is 0 Å². The quantitative estimate of drug-likeness (QED) is 0.380. The van der Waals surface area contributed by atoms with Crippen molar-refractivity contribution in [3.8, 4) is 5.75 Å². The Hall–Kier alpha value is -3.06. The van der Waals surface area contributed by atoms with Crippen LogP contribution in [0.5, 0.6) is 5.75 Å². The van der Waals surface area contributed by atoms with Crippen LogP contribution in [0.15, 0.2) is 55.8 Å². The normalized spacial score (nSPS) is 26.5. The molecule has 2 aliphatic rings. The highest BCUT2D eigenvalue weighted by Gasteiger charge is 2.54. The monoisotopic (exact) mass is 382 g/mol. The number of carbonyl (C=O) groups excluding carboxylic acids is 1. The molecule has 3 aromatic rings. The van der Waals surface area contributed by atoms with Crippen LogP contribution in [0.4, 0.5) is 0 Å². The summed E-state index contributed by atoms with van der Waals surface area (Å²) in [5, 5.41) is 1.61. The third kappa shape index (κ3) is 2.79. The Morgan fingerprint density at radius 2 is 1.96 bits per heavy atom. The molecule has 28 heavy (non-hydrogen) atoms. The topological polar surface area (TPSA) is 91.4 Å². The molecule has 1 saturated heterocycles. The first-order valence-corrected chi connectivity index (χ1v) is 9.07. The Labute approximate surface area is 159 Å². The highest BCUT2D eigenvalue weighted by atomic mass is 16.6. The molecule has 144 valence electrons. The molecular formula is C21H18O7. The summed E-state index contributed by atoms with van der Waals surface area (Å²) in [6.45, 7) is 3.96. The predicted octanol–water partition coefficient (Wildman–Crippen LogP) is 3.34. The number of hydrogen-bond acceptors (Lipinski definition) is 7. The van der Waals surface area contributed by atoms with Crippen LogP contribution in [0, 0.1) is 0 Å². The van der Waals surface area contributed by atoms with Crippen LogP contribution in [0.2, 0.25) is 0 Å². The molecule has 7 nitrogen and oxygen atoms in total. The van der Waals surface area contributed by atoms with Crippen molar-refractivity contribution in [1.82, 2.24) is 0 Å². The summed E-state index contributed by atoms with van der Waals surface area (Å²) in [4.78, 5) is 23.2. The molecule has 0 bridgehead atoms. The molecule has 5 rings (SSSR count). The first-order valence-electron chi connectivity index (χ1n) is 9.07. The Morgan fingerprint density at radius 3 is 2.75 bits per heavy atom. The van der Waals surface area contributed by atoms with Gasteiger partial charge in [0, 0.05) is 28.8 Å². The Balaban J connectivity index is 1.36. The van der Waals surface area contributed by atoms with E-state index < -0.39 is 11.2 Å². The number of ether oxygens (including phenoxy) is 3. The van der Waals surface area contributed by atoms with Gasteiger partial charge >= 0.3 is 11.6 Å². The smallest absolute Gasteiger partial charge is 0.336 e. The van der Waals surface area contributed by atoms with Gasteiger partial charge in [0.05, 0.1) is 11.9 Å². The molecule has 0 spiro atoms. The number of fused-ring (bicyclic) bond motifs is 2. The summed E-state index contributed by atoms with van der Waals surface area (Å²) in [6.07, 6.45) is 3.49. The maximum atomic E-state index is 11.7. The van der Waals surface area contributed by atoms with Gasteiger partial charge in [-0.25, -0.2) is 9.59 Å². The van der Waals surface area contributed by atoms with Gasteiger partial charge in [-0.1, -0.05) is 0 Å². The molecule has 0 N–H and O–H groups in total. The van der Waals surface area contributed by atoms with Crippen molar-refractivity contribution in [2.24, 2.45) is 0 Å². The van der Waals surface area contributed by atoms with Crippen molar-refractivity contribution >= 4 is 27.9 Å². The van der Waals surface area contributed by atoms with Gasteiger partial charge in [0.25, 0.3) is 0 Å². The summed E-state index contributed by atoms with van der Waals surface area (Å²) in [5.74, 6) is 0.101. The molecule has 1 aromatic carbocycles. The minimum atomic E-state index is -0.457. The van der Waals surface area contributed by atoms with E-state index in [0.717, 1.165) is 10.8 Å². The summed E-state index contributed by atoms with van der Waals surface area (Å²) >= 11 is 0. The summed E-state index contributed by atoms with van der Waals surface area (Å²) < 4.78 is 28.0. The van der Waals surface area contributed by atoms with Crippen molar-refractivity contribution in [3.63, 3.8) is 0 Å². The molecule has 0 radical (unpaired) electrons. The molecule has 3 atom stereocenters. The van der Waals surface area contributed by atoms with E-state index in [1.54, 1.807) is 19.3 Å². The maximum Gasteiger partial charge on any atom is 0.336 e. The lowest BCUT2D eigenvalue weighted by molar-refractivity contribution is -0.140. The zero-order chi connectivity index (χ0) is 19.5. The van der Waals surface area contributed by atoms with E-state index in [1.807, 2.05) is 25.1 Å². The summed E-state index contributed by atoms with van der Waals surface area (Å²) in [7, 11) is 0. The molecule has 7 heteroatoms. The molecule has 0 unspecified atom stereocenters. The number of furan rings is 1. The second-order valence-corrected chi connectivity index (χ2v) is 7.45. The van der Waals surface area contributed by atoms with Gasteiger partial charge < -0.3 is 23.0 Å². The van der Waals surface area contributed by atoms with Gasteiger partial charge in [-0.05, 0) is 38.1 Å². The van der Waals surface area contributed by atoms with E-state index >= 15 is 0 Å². The molecule has 2 aliphatic heterocycles. The number of carbonyl (C=O) groups is 1. The molecule has 2 aromatic heterocycles. The number of epoxide rings is 1. The second-order valence-electron chi connectivity index (χ2n) is 7.45. The zero-order valence-corrected chi connectivity index (χ0v) is 15.4. The Bertz CT molecular complexity index is 1180. The number of cyclic esters (lactones) is 1. The molecule has 1 fully saturated rings. The third-order valence-corrected chi connectivity index (χ3v) is 5.32. The van der Waals surface area contributed by atoms with E-state index in [0.29, 0.717) is 28.9 Å². The van der Waals surface area contributed by atoms with Gasteiger partial charge in [-0.15, -0.1) is 0 Å².